The zero-order chi connectivity index (χ0) is 33.4. The van der Waals surface area contributed by atoms with E-state index in [9.17, 15) is 9.50 Å². The fourth-order valence-electron chi connectivity index (χ4n) is 8.10. The highest BCUT2D eigenvalue weighted by atomic mass is 35.5. The van der Waals surface area contributed by atoms with Gasteiger partial charge in [0.05, 0.1) is 17.2 Å². The van der Waals surface area contributed by atoms with Gasteiger partial charge in [-0.2, -0.15) is 9.97 Å². The predicted molar refractivity (Wildman–Crippen MR) is 190 cm³/mol. The van der Waals surface area contributed by atoms with Crippen LogP contribution in [0.25, 0.3) is 32.8 Å². The van der Waals surface area contributed by atoms with Gasteiger partial charge in [0.15, 0.2) is 5.82 Å². The van der Waals surface area contributed by atoms with Crippen LogP contribution in [-0.2, 0) is 13.0 Å². The van der Waals surface area contributed by atoms with Crippen LogP contribution in [0.4, 0.5) is 14.6 Å². The molecule has 5 heterocycles. The molecule has 0 spiro atoms. The monoisotopic (exact) mass is 697 g/mol. The second-order valence-electron chi connectivity index (χ2n) is 14.1. The van der Waals surface area contributed by atoms with Crippen molar-refractivity contribution in [3.63, 3.8) is 0 Å². The molecule has 2 saturated heterocycles. The van der Waals surface area contributed by atoms with Crippen LogP contribution in [0.5, 0.6) is 11.8 Å². The first-order valence-corrected chi connectivity index (χ1v) is 18.1. The Morgan fingerprint density at radius 2 is 1.94 bits per heavy atom. The molecule has 3 aromatic carbocycles. The zero-order valence-electron chi connectivity index (χ0n) is 26.7. The first-order valence-electron chi connectivity index (χ1n) is 16.8. The number of rotatable bonds is 7. The number of anilines is 1. The Balaban J connectivity index is 1.12. The highest BCUT2D eigenvalue weighted by Crippen LogP contribution is 2.48. The first-order chi connectivity index (χ1) is 23.8. The topological polar surface area (TPSA) is 73.8 Å². The highest BCUT2D eigenvalue weighted by molar-refractivity contribution is 7.10. The van der Waals surface area contributed by atoms with Gasteiger partial charge in [-0.25, -0.2) is 8.78 Å². The molecule has 9 rings (SSSR count). The molecule has 0 radical (unpaired) electrons. The van der Waals surface area contributed by atoms with Gasteiger partial charge in [-0.15, -0.1) is 17.8 Å². The van der Waals surface area contributed by atoms with Crippen LogP contribution in [-0.4, -0.2) is 64.8 Å². The lowest BCUT2D eigenvalue weighted by atomic mass is 9.93. The van der Waals surface area contributed by atoms with Crippen LogP contribution in [0.3, 0.4) is 0 Å². The van der Waals surface area contributed by atoms with Gasteiger partial charge in [-0.1, -0.05) is 23.6 Å². The van der Waals surface area contributed by atoms with Crippen LogP contribution in [0.1, 0.15) is 41.7 Å². The van der Waals surface area contributed by atoms with Gasteiger partial charge in [-0.05, 0) is 84.3 Å². The Hall–Kier alpha value is -4.01. The fourth-order valence-corrected chi connectivity index (χ4v) is 9.29. The van der Waals surface area contributed by atoms with Crippen molar-refractivity contribution in [2.45, 2.75) is 50.7 Å². The molecule has 7 nitrogen and oxygen atoms in total. The molecule has 11 heteroatoms. The molecule has 250 valence electrons. The molecule has 3 fully saturated rings. The molecular formula is C38H34ClF2N5O2S. The van der Waals surface area contributed by atoms with Crippen molar-refractivity contribution in [1.82, 2.24) is 20.2 Å². The minimum Gasteiger partial charge on any atom is -0.508 e. The average Bonchev–Trinajstić information content (AvgIpc) is 3.53. The number of aromatic nitrogens is 2. The quantitative estimate of drug-likeness (QED) is 0.173. The summed E-state index contributed by atoms with van der Waals surface area (Å²) in [4.78, 5) is 15.8. The van der Waals surface area contributed by atoms with Gasteiger partial charge >= 0.3 is 6.01 Å². The van der Waals surface area contributed by atoms with Crippen molar-refractivity contribution < 1.29 is 18.6 Å². The molecule has 2 bridgehead atoms. The number of piperazine rings is 1. The number of hydrogen-bond donors (Lipinski definition) is 2. The smallest absolute Gasteiger partial charge is 0.319 e. The molecule has 0 amide bonds. The number of phenolic OH excluding ortho intramolecular Hbond substituents is 1. The van der Waals surface area contributed by atoms with Gasteiger partial charge in [0.1, 0.15) is 22.9 Å². The van der Waals surface area contributed by atoms with Crippen molar-refractivity contribution in [3.05, 3.63) is 74.4 Å². The number of aromatic hydroxyl groups is 1. The second kappa shape index (κ2) is 11.8. The van der Waals surface area contributed by atoms with E-state index in [1.54, 1.807) is 6.07 Å². The van der Waals surface area contributed by atoms with Crippen molar-refractivity contribution in [3.8, 4) is 35.2 Å². The maximum absolute atomic E-state index is 17.1. The van der Waals surface area contributed by atoms with Gasteiger partial charge < -0.3 is 20.1 Å². The fraction of sp³-hybridized carbons (Fsp3) is 0.368. The maximum Gasteiger partial charge on any atom is 0.319 e. The van der Waals surface area contributed by atoms with E-state index in [2.05, 4.69) is 37.5 Å². The molecule has 1 saturated carbocycles. The summed E-state index contributed by atoms with van der Waals surface area (Å²) in [5, 5.41) is 17.8. The predicted octanol–water partition coefficient (Wildman–Crippen LogP) is 7.29. The summed E-state index contributed by atoms with van der Waals surface area (Å²) >= 11 is 8.75. The standard InChI is InChI=1S/C38H34ClF2N5O2S/c1-2-26-30(40)6-3-21-13-25(47)14-27(32(21)26)33-29(39)15-28-35(34(33)41)43-37(44-36(28)46-17-23-4-5-24(18-46)42-23)48-20-38(9-10-38)19-45-11-7-31-22(16-45)8-12-49-31/h1,3,6,8,12-15,23-24,42,47H,4-5,7,9-11,16-20H2. The summed E-state index contributed by atoms with van der Waals surface area (Å²) in [6.45, 7) is 4.77. The van der Waals surface area contributed by atoms with Crippen molar-refractivity contribution in [2.24, 2.45) is 5.41 Å². The molecule has 49 heavy (non-hydrogen) atoms. The third-order valence-electron chi connectivity index (χ3n) is 10.7. The van der Waals surface area contributed by atoms with E-state index in [1.165, 1.54) is 34.7 Å². The van der Waals surface area contributed by atoms with E-state index in [0.29, 0.717) is 48.4 Å². The summed E-state index contributed by atoms with van der Waals surface area (Å²) in [7, 11) is 0. The molecule has 4 aliphatic rings. The van der Waals surface area contributed by atoms with Gasteiger partial charge in [0.2, 0.25) is 0 Å². The molecule has 2 unspecified atom stereocenters. The average molecular weight is 698 g/mol. The maximum atomic E-state index is 17.1. The molecular weight excluding hydrogens is 664 g/mol. The molecule has 3 aliphatic heterocycles. The minimum absolute atomic E-state index is 0.0000368. The number of nitrogens with one attached hydrogen (secondary N) is 1. The van der Waals surface area contributed by atoms with E-state index >= 15 is 4.39 Å². The summed E-state index contributed by atoms with van der Waals surface area (Å²) in [5.74, 6) is 1.52. The number of fused-ring (bicyclic) bond motifs is 5. The Morgan fingerprint density at radius 1 is 1.12 bits per heavy atom. The Labute approximate surface area is 291 Å². The first kappa shape index (κ1) is 31.0. The Morgan fingerprint density at radius 3 is 2.71 bits per heavy atom. The van der Waals surface area contributed by atoms with Crippen LogP contribution in [0.2, 0.25) is 5.02 Å². The van der Waals surface area contributed by atoms with Crippen LogP contribution in [0.15, 0.2) is 41.8 Å². The zero-order valence-corrected chi connectivity index (χ0v) is 28.3. The van der Waals surface area contributed by atoms with Crippen molar-refractivity contribution >= 4 is 50.4 Å². The number of terminal acetylenes is 1. The summed E-state index contributed by atoms with van der Waals surface area (Å²) < 4.78 is 38.5. The number of ether oxygens (including phenoxy) is 1. The lowest BCUT2D eigenvalue weighted by Crippen LogP contribution is -2.51. The van der Waals surface area contributed by atoms with Crippen LogP contribution in [0, 0.1) is 29.4 Å². The van der Waals surface area contributed by atoms with Crippen molar-refractivity contribution in [1.29, 1.82) is 0 Å². The number of nitrogens with zero attached hydrogens (tertiary/aromatic N) is 4. The number of thiophene rings is 1. The van der Waals surface area contributed by atoms with E-state index in [0.717, 1.165) is 51.7 Å². The number of hydrogen-bond acceptors (Lipinski definition) is 8. The van der Waals surface area contributed by atoms with Crippen LogP contribution < -0.4 is 15.0 Å². The third-order valence-corrected chi connectivity index (χ3v) is 12.1. The second-order valence-corrected chi connectivity index (χ2v) is 15.5. The van der Waals surface area contributed by atoms with E-state index in [-0.39, 0.29) is 49.8 Å². The van der Waals surface area contributed by atoms with Crippen molar-refractivity contribution in [2.75, 3.05) is 37.7 Å². The minimum atomic E-state index is -0.714. The Bertz CT molecular complexity index is 2190. The van der Waals surface area contributed by atoms with Crippen LogP contribution >= 0.6 is 22.9 Å². The van der Waals surface area contributed by atoms with Gasteiger partial charge in [0.25, 0.3) is 0 Å². The van der Waals surface area contributed by atoms with Gasteiger partial charge in [0, 0.05) is 71.4 Å². The molecule has 2 atom stereocenters. The SMILES string of the molecule is C#Cc1c(F)ccc2cc(O)cc(-c3c(Cl)cc4c(N5CC6CCC(C5)N6)nc(OCC5(CN6CCc7sccc7C6)CC5)nc4c3F)c12. The largest absolute Gasteiger partial charge is 0.508 e. The lowest BCUT2D eigenvalue weighted by Gasteiger charge is -2.34. The number of benzene rings is 3. The molecule has 2 N–H and O–H groups in total. The molecule has 1 aliphatic carbocycles. The van der Waals surface area contributed by atoms with E-state index < -0.39 is 11.6 Å². The van der Waals surface area contributed by atoms with E-state index in [4.69, 9.17) is 27.7 Å². The normalized spacial score (nSPS) is 21.2. The number of phenols is 1. The molecule has 5 aromatic rings. The summed E-state index contributed by atoms with van der Waals surface area (Å²) in [6, 6.07) is 10.2. The summed E-state index contributed by atoms with van der Waals surface area (Å²) in [5.41, 5.74) is 1.59. The summed E-state index contributed by atoms with van der Waals surface area (Å²) in [6.07, 6.45) is 11.0. The Kier molecular flexibility index (Phi) is 7.47. The highest BCUT2D eigenvalue weighted by Gasteiger charge is 2.45. The third kappa shape index (κ3) is 5.48. The lowest BCUT2D eigenvalue weighted by molar-refractivity contribution is 0.146. The van der Waals surface area contributed by atoms with E-state index in [1.807, 2.05) is 11.3 Å². The van der Waals surface area contributed by atoms with Gasteiger partial charge in [-0.3, -0.25) is 4.90 Å². The number of halogens is 3. The molecule has 2 aromatic heterocycles.